The van der Waals surface area contributed by atoms with Crippen molar-refractivity contribution >= 4 is 5.91 Å². The molecule has 34 heavy (non-hydrogen) atoms. The first-order chi connectivity index (χ1) is 16.5. The fourth-order valence-electron chi connectivity index (χ4n) is 4.10. The normalized spacial score (nSPS) is 19.2. The summed E-state index contributed by atoms with van der Waals surface area (Å²) in [6.07, 6.45) is 9.86. The lowest BCUT2D eigenvalue weighted by molar-refractivity contribution is 0.0325. The largest absolute Gasteiger partial charge is 0.472 e. The van der Waals surface area contributed by atoms with E-state index in [1.54, 1.807) is 42.0 Å². The number of nitrogens with zero attached hydrogens (tertiary/aromatic N) is 6. The molecule has 3 aromatic rings. The van der Waals surface area contributed by atoms with E-state index in [-0.39, 0.29) is 30.6 Å². The third-order valence-corrected chi connectivity index (χ3v) is 6.11. The molecule has 0 saturated heterocycles. The Kier molecular flexibility index (Phi) is 7.44. The number of hydrogen-bond donors (Lipinski definition) is 1. The summed E-state index contributed by atoms with van der Waals surface area (Å²) in [5.41, 5.74) is 3.02. The fourth-order valence-corrected chi connectivity index (χ4v) is 4.10. The van der Waals surface area contributed by atoms with Crippen LogP contribution in [0.2, 0.25) is 0 Å². The highest BCUT2D eigenvalue weighted by Gasteiger charge is 2.34. The van der Waals surface area contributed by atoms with Crippen molar-refractivity contribution in [2.24, 2.45) is 5.92 Å². The molecule has 178 valence electrons. The number of hydrogen-bond acceptors (Lipinski definition) is 8. The van der Waals surface area contributed by atoms with E-state index < -0.39 is 0 Å². The number of ether oxygens (including phenoxy) is 1. The lowest BCUT2D eigenvalue weighted by Crippen LogP contribution is -2.49. The second-order valence-corrected chi connectivity index (χ2v) is 8.88. The smallest absolute Gasteiger partial charge is 0.259 e. The zero-order chi connectivity index (χ0) is 24.1. The van der Waals surface area contributed by atoms with Gasteiger partial charge >= 0.3 is 0 Å². The number of likely N-dealkylation sites (N-methyl/N-ethyl adjacent to an activating group) is 1. The van der Waals surface area contributed by atoms with Crippen molar-refractivity contribution in [1.82, 2.24) is 29.7 Å². The Balaban J connectivity index is 1.65. The summed E-state index contributed by atoms with van der Waals surface area (Å²) in [6, 6.07) is 5.43. The monoisotopic (exact) mass is 462 g/mol. The van der Waals surface area contributed by atoms with Gasteiger partial charge in [-0.1, -0.05) is 6.92 Å². The van der Waals surface area contributed by atoms with Crippen molar-refractivity contribution in [1.29, 1.82) is 0 Å². The van der Waals surface area contributed by atoms with E-state index in [1.807, 2.05) is 26.1 Å². The van der Waals surface area contributed by atoms with Gasteiger partial charge in [0.1, 0.15) is 18.0 Å². The van der Waals surface area contributed by atoms with E-state index in [9.17, 15) is 9.90 Å². The number of rotatable bonds is 7. The van der Waals surface area contributed by atoms with Crippen molar-refractivity contribution < 1.29 is 14.6 Å². The molecule has 1 aliphatic rings. The van der Waals surface area contributed by atoms with Crippen LogP contribution >= 0.6 is 0 Å². The molecule has 0 radical (unpaired) electrons. The molecule has 0 aromatic carbocycles. The number of amides is 1. The average molecular weight is 463 g/mol. The SMILES string of the molecule is C[C@H](CO)N1C[C@H](C)[C@@H](CN(C)Cc2ccncc2)Oc2ncc(-c3cncnc3)cc2C1=O. The standard InChI is InChI=1S/C25H30N6O3/c1-17-12-31(18(2)15-32)25(33)22-8-20(21-9-27-16-28-10-21)11-29-24(22)34-23(17)14-30(3)13-19-4-6-26-7-5-19/h4-11,16-18,23,32H,12-15H2,1-3H3/t17-,18+,23+/m0/s1. The molecule has 0 spiro atoms. The summed E-state index contributed by atoms with van der Waals surface area (Å²) in [5.74, 6) is 0.114. The predicted molar refractivity (Wildman–Crippen MR) is 127 cm³/mol. The number of carbonyl (C=O) groups excluding carboxylic acids is 1. The van der Waals surface area contributed by atoms with E-state index in [1.165, 1.54) is 6.33 Å². The van der Waals surface area contributed by atoms with E-state index >= 15 is 0 Å². The molecular weight excluding hydrogens is 432 g/mol. The molecule has 3 atom stereocenters. The minimum absolute atomic E-state index is 0.0231. The molecule has 0 saturated carbocycles. The van der Waals surface area contributed by atoms with Crippen LogP contribution in [-0.2, 0) is 6.54 Å². The van der Waals surface area contributed by atoms with Crippen LogP contribution in [0, 0.1) is 5.92 Å². The summed E-state index contributed by atoms with van der Waals surface area (Å²) in [6.45, 7) is 5.65. The number of aliphatic hydroxyl groups excluding tert-OH is 1. The molecule has 0 unspecified atom stereocenters. The summed E-state index contributed by atoms with van der Waals surface area (Å²) in [4.78, 5) is 34.2. The van der Waals surface area contributed by atoms with Crippen LogP contribution in [0.4, 0.5) is 0 Å². The molecular formula is C25H30N6O3. The Morgan fingerprint density at radius 2 is 1.91 bits per heavy atom. The molecule has 1 aliphatic heterocycles. The Labute approximate surface area is 199 Å². The zero-order valence-corrected chi connectivity index (χ0v) is 19.7. The van der Waals surface area contributed by atoms with Gasteiger partial charge in [0, 0.05) is 67.7 Å². The Hall–Kier alpha value is -3.43. The number of fused-ring (bicyclic) bond motifs is 1. The third kappa shape index (κ3) is 5.37. The van der Waals surface area contributed by atoms with Gasteiger partial charge in [-0.2, -0.15) is 0 Å². The van der Waals surface area contributed by atoms with E-state index in [4.69, 9.17) is 4.74 Å². The first kappa shape index (κ1) is 23.7. The van der Waals surface area contributed by atoms with Gasteiger partial charge in [0.2, 0.25) is 5.88 Å². The number of aromatic nitrogens is 4. The van der Waals surface area contributed by atoms with Gasteiger partial charge in [-0.15, -0.1) is 0 Å². The van der Waals surface area contributed by atoms with Crippen molar-refractivity contribution in [2.75, 3.05) is 26.7 Å². The van der Waals surface area contributed by atoms with Gasteiger partial charge in [0.25, 0.3) is 5.91 Å². The molecule has 0 fully saturated rings. The molecule has 9 heteroatoms. The van der Waals surface area contributed by atoms with Crippen molar-refractivity contribution in [3.05, 3.63) is 66.6 Å². The van der Waals surface area contributed by atoms with Crippen LogP contribution in [0.15, 0.2) is 55.5 Å². The summed E-state index contributed by atoms with van der Waals surface area (Å²) in [5, 5.41) is 9.84. The maximum atomic E-state index is 13.5. The Bertz CT molecular complexity index is 1100. The molecule has 1 N–H and O–H groups in total. The molecule has 0 aliphatic carbocycles. The van der Waals surface area contributed by atoms with Crippen molar-refractivity contribution in [3.63, 3.8) is 0 Å². The molecule has 4 rings (SSSR count). The van der Waals surface area contributed by atoms with Gasteiger partial charge in [-0.25, -0.2) is 15.0 Å². The van der Waals surface area contributed by atoms with Crippen LogP contribution in [-0.4, -0.2) is 79.6 Å². The van der Waals surface area contributed by atoms with Crippen LogP contribution in [0.1, 0.15) is 29.8 Å². The molecule has 0 bridgehead atoms. The number of pyridine rings is 2. The summed E-state index contributed by atoms with van der Waals surface area (Å²) >= 11 is 0. The highest BCUT2D eigenvalue weighted by Crippen LogP contribution is 2.30. The van der Waals surface area contributed by atoms with Crippen molar-refractivity contribution in [2.45, 2.75) is 32.5 Å². The second-order valence-electron chi connectivity index (χ2n) is 8.88. The third-order valence-electron chi connectivity index (χ3n) is 6.11. The molecule has 1 amide bonds. The maximum Gasteiger partial charge on any atom is 0.259 e. The molecule has 4 heterocycles. The van der Waals surface area contributed by atoms with Crippen molar-refractivity contribution in [3.8, 4) is 17.0 Å². The number of carbonyl (C=O) groups is 1. The highest BCUT2D eigenvalue weighted by atomic mass is 16.5. The first-order valence-corrected chi connectivity index (χ1v) is 11.4. The summed E-state index contributed by atoms with van der Waals surface area (Å²) in [7, 11) is 2.04. The van der Waals surface area contributed by atoms with Crippen LogP contribution in [0.3, 0.4) is 0 Å². The number of aliphatic hydroxyl groups is 1. The molecule has 3 aromatic heterocycles. The van der Waals surface area contributed by atoms with E-state index in [0.717, 1.165) is 23.2 Å². The zero-order valence-electron chi connectivity index (χ0n) is 19.7. The molecule has 9 nitrogen and oxygen atoms in total. The fraction of sp³-hybridized carbons (Fsp3) is 0.400. The van der Waals surface area contributed by atoms with Crippen LogP contribution in [0.5, 0.6) is 5.88 Å². The average Bonchev–Trinajstić information content (AvgIpc) is 2.86. The lowest BCUT2D eigenvalue weighted by atomic mass is 9.99. The van der Waals surface area contributed by atoms with Gasteiger partial charge < -0.3 is 14.7 Å². The maximum absolute atomic E-state index is 13.5. The van der Waals surface area contributed by atoms with E-state index in [2.05, 4.69) is 31.8 Å². The van der Waals surface area contributed by atoms with Gasteiger partial charge in [0.05, 0.1) is 12.6 Å². The van der Waals surface area contributed by atoms with Gasteiger partial charge in [0.15, 0.2) is 0 Å². The Morgan fingerprint density at radius 1 is 1.18 bits per heavy atom. The highest BCUT2D eigenvalue weighted by molar-refractivity contribution is 5.98. The topological polar surface area (TPSA) is 105 Å². The van der Waals surface area contributed by atoms with Crippen LogP contribution in [0.25, 0.3) is 11.1 Å². The lowest BCUT2D eigenvalue weighted by Gasteiger charge is -2.37. The van der Waals surface area contributed by atoms with Crippen LogP contribution < -0.4 is 4.74 Å². The summed E-state index contributed by atoms with van der Waals surface area (Å²) < 4.78 is 6.37. The van der Waals surface area contributed by atoms with Gasteiger partial charge in [-0.05, 0) is 37.7 Å². The second kappa shape index (κ2) is 10.7. The van der Waals surface area contributed by atoms with E-state index in [0.29, 0.717) is 24.5 Å². The minimum atomic E-state index is -0.334. The first-order valence-electron chi connectivity index (χ1n) is 11.4. The van der Waals surface area contributed by atoms with Gasteiger partial charge in [-0.3, -0.25) is 14.7 Å². The quantitative estimate of drug-likeness (QED) is 0.570. The minimum Gasteiger partial charge on any atom is -0.472 e. The Morgan fingerprint density at radius 3 is 2.62 bits per heavy atom. The predicted octanol–water partition coefficient (Wildman–Crippen LogP) is 2.29.